The molecule has 0 bridgehead atoms. The molecule has 72 valence electrons. The summed E-state index contributed by atoms with van der Waals surface area (Å²) in [6.45, 7) is 0.510. The van der Waals surface area contributed by atoms with Crippen molar-refractivity contribution in [3.05, 3.63) is 21.3 Å². The second-order valence-electron chi connectivity index (χ2n) is 2.52. The van der Waals surface area contributed by atoms with Crippen LogP contribution in [0.15, 0.2) is 12.1 Å². The first-order chi connectivity index (χ1) is 6.22. The van der Waals surface area contributed by atoms with Gasteiger partial charge in [0, 0.05) is 6.54 Å². The summed E-state index contributed by atoms with van der Waals surface area (Å²) in [6.07, 6.45) is 0. The van der Waals surface area contributed by atoms with Crippen molar-refractivity contribution >= 4 is 22.6 Å². The Morgan fingerprint density at radius 1 is 1.31 bits per heavy atom. The van der Waals surface area contributed by atoms with Crippen LogP contribution >= 0.6 is 22.6 Å². The van der Waals surface area contributed by atoms with Gasteiger partial charge in [0.1, 0.15) is 0 Å². The molecule has 2 N–H and O–H groups in total. The van der Waals surface area contributed by atoms with Crippen molar-refractivity contribution in [1.29, 1.82) is 0 Å². The minimum absolute atomic E-state index is 0.510. The van der Waals surface area contributed by atoms with Crippen molar-refractivity contribution < 1.29 is 9.47 Å². The maximum atomic E-state index is 5.53. The number of hydrogen-bond acceptors (Lipinski definition) is 3. The predicted molar refractivity (Wildman–Crippen MR) is 60.2 cm³/mol. The largest absolute Gasteiger partial charge is 0.493 e. The zero-order valence-corrected chi connectivity index (χ0v) is 9.79. The Hall–Kier alpha value is -0.490. The Morgan fingerprint density at radius 3 is 2.46 bits per heavy atom. The van der Waals surface area contributed by atoms with Crippen LogP contribution in [0.25, 0.3) is 0 Å². The average molecular weight is 293 g/mol. The van der Waals surface area contributed by atoms with Crippen molar-refractivity contribution in [3.8, 4) is 11.5 Å². The first-order valence-electron chi connectivity index (χ1n) is 3.83. The molecular formula is C9H12INO2. The van der Waals surface area contributed by atoms with E-state index in [9.17, 15) is 0 Å². The third-order valence-corrected chi connectivity index (χ3v) is 2.53. The third kappa shape index (κ3) is 2.25. The topological polar surface area (TPSA) is 44.5 Å². The number of nitrogens with two attached hydrogens (primary N) is 1. The van der Waals surface area contributed by atoms with Gasteiger partial charge in [0.05, 0.1) is 17.8 Å². The third-order valence-electron chi connectivity index (χ3n) is 1.73. The Kier molecular flexibility index (Phi) is 3.80. The first-order valence-corrected chi connectivity index (χ1v) is 4.91. The molecule has 1 aromatic rings. The molecule has 0 fully saturated rings. The highest BCUT2D eigenvalue weighted by Gasteiger charge is 2.09. The molecule has 0 aromatic heterocycles. The lowest BCUT2D eigenvalue weighted by Gasteiger charge is -2.10. The van der Waals surface area contributed by atoms with Crippen LogP contribution in [0.3, 0.4) is 0 Å². The zero-order chi connectivity index (χ0) is 9.84. The monoisotopic (exact) mass is 293 g/mol. The molecule has 0 aliphatic carbocycles. The molecular weight excluding hydrogens is 281 g/mol. The molecule has 13 heavy (non-hydrogen) atoms. The lowest BCUT2D eigenvalue weighted by molar-refractivity contribution is 0.352. The number of halogens is 1. The van der Waals surface area contributed by atoms with Crippen LogP contribution in [0, 0.1) is 3.57 Å². The second kappa shape index (κ2) is 4.66. The highest BCUT2D eigenvalue weighted by atomic mass is 127. The van der Waals surface area contributed by atoms with Gasteiger partial charge in [-0.15, -0.1) is 0 Å². The van der Waals surface area contributed by atoms with E-state index in [4.69, 9.17) is 15.2 Å². The van der Waals surface area contributed by atoms with Gasteiger partial charge in [-0.05, 0) is 40.3 Å². The summed E-state index contributed by atoms with van der Waals surface area (Å²) in [5, 5.41) is 0. The molecule has 0 aliphatic heterocycles. The van der Waals surface area contributed by atoms with Crippen molar-refractivity contribution in [3.63, 3.8) is 0 Å². The fraction of sp³-hybridized carbons (Fsp3) is 0.333. The molecule has 0 heterocycles. The molecule has 0 saturated carbocycles. The van der Waals surface area contributed by atoms with Gasteiger partial charge >= 0.3 is 0 Å². The maximum absolute atomic E-state index is 5.53. The van der Waals surface area contributed by atoms with Crippen molar-refractivity contribution in [1.82, 2.24) is 0 Å². The van der Waals surface area contributed by atoms with E-state index in [1.165, 1.54) is 0 Å². The summed E-state index contributed by atoms with van der Waals surface area (Å²) in [6, 6.07) is 3.88. The fourth-order valence-corrected chi connectivity index (χ4v) is 1.98. The van der Waals surface area contributed by atoms with Gasteiger partial charge in [-0.2, -0.15) is 0 Å². The number of methoxy groups -OCH3 is 2. The Balaban J connectivity index is 3.20. The zero-order valence-electron chi connectivity index (χ0n) is 7.63. The van der Waals surface area contributed by atoms with Gasteiger partial charge in [-0.1, -0.05) is 0 Å². The summed E-state index contributed by atoms with van der Waals surface area (Å²) < 4.78 is 11.4. The van der Waals surface area contributed by atoms with Crippen LogP contribution in [0.5, 0.6) is 11.5 Å². The fourth-order valence-electron chi connectivity index (χ4n) is 1.09. The van der Waals surface area contributed by atoms with Crippen LogP contribution in [0.1, 0.15) is 5.56 Å². The second-order valence-corrected chi connectivity index (χ2v) is 3.68. The smallest absolute Gasteiger partial charge is 0.174 e. The van der Waals surface area contributed by atoms with Crippen LogP contribution in [0.2, 0.25) is 0 Å². The van der Waals surface area contributed by atoms with E-state index in [2.05, 4.69) is 22.6 Å². The maximum Gasteiger partial charge on any atom is 0.174 e. The molecule has 0 unspecified atom stereocenters. The number of ether oxygens (including phenoxy) is 2. The minimum Gasteiger partial charge on any atom is -0.493 e. The SMILES string of the molecule is COc1cc(CN)cc(I)c1OC. The number of rotatable bonds is 3. The van der Waals surface area contributed by atoms with Gasteiger partial charge in [0.15, 0.2) is 11.5 Å². The summed E-state index contributed by atoms with van der Waals surface area (Å²) in [7, 11) is 3.25. The summed E-state index contributed by atoms with van der Waals surface area (Å²) in [5.41, 5.74) is 6.58. The van der Waals surface area contributed by atoms with Gasteiger partial charge in [0.25, 0.3) is 0 Å². The highest BCUT2D eigenvalue weighted by Crippen LogP contribution is 2.33. The van der Waals surface area contributed by atoms with Gasteiger partial charge in [0.2, 0.25) is 0 Å². The van der Waals surface area contributed by atoms with Crippen LogP contribution in [0.4, 0.5) is 0 Å². The van der Waals surface area contributed by atoms with Crippen molar-refractivity contribution in [2.45, 2.75) is 6.54 Å². The predicted octanol–water partition coefficient (Wildman–Crippen LogP) is 1.77. The van der Waals surface area contributed by atoms with Gasteiger partial charge in [-0.25, -0.2) is 0 Å². The van der Waals surface area contributed by atoms with Crippen molar-refractivity contribution in [2.75, 3.05) is 14.2 Å². The molecule has 0 aliphatic rings. The van der Waals surface area contributed by atoms with E-state index >= 15 is 0 Å². The summed E-state index contributed by atoms with van der Waals surface area (Å²) >= 11 is 2.20. The average Bonchev–Trinajstić information content (AvgIpc) is 2.16. The van der Waals surface area contributed by atoms with E-state index < -0.39 is 0 Å². The number of benzene rings is 1. The molecule has 0 radical (unpaired) electrons. The van der Waals surface area contributed by atoms with Gasteiger partial charge < -0.3 is 15.2 Å². The summed E-state index contributed by atoms with van der Waals surface area (Å²) in [4.78, 5) is 0. The van der Waals surface area contributed by atoms with E-state index in [-0.39, 0.29) is 0 Å². The van der Waals surface area contributed by atoms with Crippen LogP contribution in [-0.4, -0.2) is 14.2 Å². The van der Waals surface area contributed by atoms with Gasteiger partial charge in [-0.3, -0.25) is 0 Å². The van der Waals surface area contributed by atoms with Crippen LogP contribution < -0.4 is 15.2 Å². The highest BCUT2D eigenvalue weighted by molar-refractivity contribution is 14.1. The molecule has 4 heteroatoms. The molecule has 0 saturated heterocycles. The molecule has 0 amide bonds. The number of hydrogen-bond donors (Lipinski definition) is 1. The minimum atomic E-state index is 0.510. The van der Waals surface area contributed by atoms with E-state index in [1.807, 2.05) is 12.1 Å². The van der Waals surface area contributed by atoms with E-state index in [0.29, 0.717) is 6.54 Å². The summed E-state index contributed by atoms with van der Waals surface area (Å²) in [5.74, 6) is 1.50. The molecule has 0 spiro atoms. The molecule has 1 rings (SSSR count). The Labute approximate surface area is 91.4 Å². The lowest BCUT2D eigenvalue weighted by atomic mass is 10.2. The Morgan fingerprint density at radius 2 is 2.00 bits per heavy atom. The Bertz CT molecular complexity index is 302. The molecule has 1 aromatic carbocycles. The first kappa shape index (κ1) is 10.6. The van der Waals surface area contributed by atoms with Crippen molar-refractivity contribution in [2.24, 2.45) is 5.73 Å². The lowest BCUT2D eigenvalue weighted by Crippen LogP contribution is -2.00. The standard InChI is InChI=1S/C9H12INO2/c1-12-8-4-6(5-11)3-7(10)9(8)13-2/h3-4H,5,11H2,1-2H3. The normalized spacial score (nSPS) is 9.85. The quantitative estimate of drug-likeness (QED) is 0.864. The van der Waals surface area contributed by atoms with E-state index in [1.54, 1.807) is 14.2 Å². The molecule has 3 nitrogen and oxygen atoms in total. The van der Waals surface area contributed by atoms with Crippen LogP contribution in [-0.2, 0) is 6.54 Å². The molecule has 0 atom stereocenters. The van der Waals surface area contributed by atoms with E-state index in [0.717, 1.165) is 20.6 Å².